The Bertz CT molecular complexity index is 806. The highest BCUT2D eigenvalue weighted by Crippen LogP contribution is 2.17. The third-order valence-electron chi connectivity index (χ3n) is 3.15. The number of thiophene rings is 1. The Balaban J connectivity index is 2.04. The maximum Gasteiger partial charge on any atom is 0.268 e. The van der Waals surface area contributed by atoms with Crippen molar-refractivity contribution in [3.05, 3.63) is 46.2 Å². The SMILES string of the molecule is CC(C)(C)n1ncnc1Cn1ccc2ccsc2c1=O. The van der Waals surface area contributed by atoms with Crippen LogP contribution in [-0.4, -0.2) is 19.3 Å². The van der Waals surface area contributed by atoms with Crippen molar-refractivity contribution in [1.82, 2.24) is 19.3 Å². The van der Waals surface area contributed by atoms with Crippen LogP contribution in [0.1, 0.15) is 26.6 Å². The number of fused-ring (bicyclic) bond motifs is 1. The highest BCUT2D eigenvalue weighted by atomic mass is 32.1. The van der Waals surface area contributed by atoms with Gasteiger partial charge in [-0.1, -0.05) is 0 Å². The van der Waals surface area contributed by atoms with E-state index in [4.69, 9.17) is 0 Å². The van der Waals surface area contributed by atoms with Gasteiger partial charge in [0.2, 0.25) is 0 Å². The summed E-state index contributed by atoms with van der Waals surface area (Å²) < 4.78 is 4.33. The summed E-state index contributed by atoms with van der Waals surface area (Å²) in [5, 5.41) is 7.19. The normalized spacial score (nSPS) is 12.2. The molecular weight excluding hydrogens is 272 g/mol. The monoisotopic (exact) mass is 288 g/mol. The van der Waals surface area contributed by atoms with Crippen LogP contribution in [0, 0.1) is 0 Å². The van der Waals surface area contributed by atoms with Crippen molar-refractivity contribution >= 4 is 21.4 Å². The van der Waals surface area contributed by atoms with Crippen LogP contribution >= 0.6 is 11.3 Å². The number of rotatable bonds is 2. The Hall–Kier alpha value is -1.95. The largest absolute Gasteiger partial charge is 0.307 e. The molecule has 0 radical (unpaired) electrons. The first-order valence-corrected chi connectivity index (χ1v) is 7.31. The lowest BCUT2D eigenvalue weighted by molar-refractivity contribution is 0.338. The van der Waals surface area contributed by atoms with Gasteiger partial charge in [0.05, 0.1) is 16.8 Å². The van der Waals surface area contributed by atoms with Gasteiger partial charge in [0.1, 0.15) is 12.2 Å². The lowest BCUT2D eigenvalue weighted by Gasteiger charge is -2.21. The van der Waals surface area contributed by atoms with Crippen LogP contribution in [0.25, 0.3) is 10.1 Å². The molecule has 0 saturated carbocycles. The number of pyridine rings is 1. The Morgan fingerprint density at radius 1 is 1.30 bits per heavy atom. The smallest absolute Gasteiger partial charge is 0.268 e. The van der Waals surface area contributed by atoms with Crippen LogP contribution < -0.4 is 5.56 Å². The molecule has 3 aromatic heterocycles. The van der Waals surface area contributed by atoms with E-state index in [1.807, 2.05) is 28.4 Å². The van der Waals surface area contributed by atoms with Crippen molar-refractivity contribution in [2.24, 2.45) is 0 Å². The zero-order chi connectivity index (χ0) is 14.3. The molecule has 0 aliphatic rings. The number of hydrogen-bond acceptors (Lipinski definition) is 4. The first-order valence-electron chi connectivity index (χ1n) is 6.43. The molecule has 0 N–H and O–H groups in total. The molecule has 104 valence electrons. The van der Waals surface area contributed by atoms with Gasteiger partial charge in [0, 0.05) is 6.20 Å². The van der Waals surface area contributed by atoms with Crippen molar-refractivity contribution in [1.29, 1.82) is 0 Å². The summed E-state index contributed by atoms with van der Waals surface area (Å²) in [4.78, 5) is 16.7. The minimum Gasteiger partial charge on any atom is -0.307 e. The molecule has 0 bridgehead atoms. The zero-order valence-electron chi connectivity index (χ0n) is 11.7. The first-order chi connectivity index (χ1) is 9.47. The van der Waals surface area contributed by atoms with Crippen molar-refractivity contribution in [3.8, 4) is 0 Å². The van der Waals surface area contributed by atoms with Crippen molar-refractivity contribution in [3.63, 3.8) is 0 Å². The summed E-state index contributed by atoms with van der Waals surface area (Å²) in [6.07, 6.45) is 3.36. The minimum atomic E-state index is -0.150. The average molecular weight is 288 g/mol. The standard InChI is InChI=1S/C14H16N4OS/c1-14(2,3)18-11(15-9-16-18)8-17-6-4-10-5-7-20-12(10)13(17)19/h4-7,9H,8H2,1-3H3. The van der Waals surface area contributed by atoms with Gasteiger partial charge in [-0.15, -0.1) is 11.3 Å². The Morgan fingerprint density at radius 3 is 2.85 bits per heavy atom. The first kappa shape index (κ1) is 13.1. The van der Waals surface area contributed by atoms with Gasteiger partial charge in [-0.2, -0.15) is 5.10 Å². The molecule has 0 amide bonds. The van der Waals surface area contributed by atoms with Gasteiger partial charge in [0.25, 0.3) is 5.56 Å². The van der Waals surface area contributed by atoms with Crippen molar-refractivity contribution in [2.75, 3.05) is 0 Å². The summed E-state index contributed by atoms with van der Waals surface area (Å²) in [6.45, 7) is 6.63. The summed E-state index contributed by atoms with van der Waals surface area (Å²) in [5.41, 5.74) is -0.122. The van der Waals surface area contributed by atoms with E-state index in [1.54, 1.807) is 4.57 Å². The van der Waals surface area contributed by atoms with Gasteiger partial charge in [-0.25, -0.2) is 9.67 Å². The molecule has 0 saturated heterocycles. The van der Waals surface area contributed by atoms with Crippen LogP contribution in [0.15, 0.2) is 34.8 Å². The summed E-state index contributed by atoms with van der Waals surface area (Å²) in [5.74, 6) is 0.788. The Morgan fingerprint density at radius 2 is 2.10 bits per heavy atom. The number of nitrogens with zero attached hydrogens (tertiary/aromatic N) is 4. The summed E-state index contributed by atoms with van der Waals surface area (Å²) >= 11 is 1.47. The van der Waals surface area contributed by atoms with Crippen LogP contribution in [0.4, 0.5) is 0 Å². The molecule has 0 unspecified atom stereocenters. The molecule has 0 aromatic carbocycles. The van der Waals surface area contributed by atoms with Gasteiger partial charge in [0.15, 0.2) is 0 Å². The second-order valence-corrected chi connectivity index (χ2v) is 6.63. The van der Waals surface area contributed by atoms with E-state index in [2.05, 4.69) is 30.9 Å². The Labute approximate surface area is 120 Å². The van der Waals surface area contributed by atoms with E-state index in [0.29, 0.717) is 6.54 Å². The molecule has 0 atom stereocenters. The predicted molar refractivity (Wildman–Crippen MR) is 80.2 cm³/mol. The third kappa shape index (κ3) is 2.16. The lowest BCUT2D eigenvalue weighted by atomic mass is 10.1. The highest BCUT2D eigenvalue weighted by Gasteiger charge is 2.19. The fourth-order valence-corrected chi connectivity index (χ4v) is 3.04. The molecule has 0 aliphatic carbocycles. The molecule has 3 aromatic rings. The summed E-state index contributed by atoms with van der Waals surface area (Å²) in [6, 6.07) is 3.93. The van der Waals surface area contributed by atoms with Crippen molar-refractivity contribution in [2.45, 2.75) is 32.9 Å². The maximum atomic E-state index is 12.4. The molecule has 0 spiro atoms. The Kier molecular flexibility index (Phi) is 2.97. The molecule has 5 nitrogen and oxygen atoms in total. The van der Waals surface area contributed by atoms with E-state index >= 15 is 0 Å². The second-order valence-electron chi connectivity index (χ2n) is 5.71. The molecule has 3 rings (SSSR count). The van der Waals surface area contributed by atoms with Crippen LogP contribution in [0.2, 0.25) is 0 Å². The second kappa shape index (κ2) is 4.56. The fourth-order valence-electron chi connectivity index (χ4n) is 2.20. The number of hydrogen-bond donors (Lipinski definition) is 0. The topological polar surface area (TPSA) is 52.7 Å². The minimum absolute atomic E-state index is 0.0287. The van der Waals surface area contributed by atoms with E-state index in [1.165, 1.54) is 17.7 Å². The molecular formula is C14H16N4OS. The fraction of sp³-hybridized carbons (Fsp3) is 0.357. The maximum absolute atomic E-state index is 12.4. The van der Waals surface area contributed by atoms with Crippen LogP contribution in [0.3, 0.4) is 0 Å². The van der Waals surface area contributed by atoms with Crippen LogP contribution in [0.5, 0.6) is 0 Å². The van der Waals surface area contributed by atoms with E-state index in [0.717, 1.165) is 15.9 Å². The molecule has 0 aliphatic heterocycles. The van der Waals surface area contributed by atoms with E-state index < -0.39 is 0 Å². The quantitative estimate of drug-likeness (QED) is 0.728. The molecule has 3 heterocycles. The van der Waals surface area contributed by atoms with E-state index in [-0.39, 0.29) is 11.1 Å². The van der Waals surface area contributed by atoms with Gasteiger partial charge in [-0.3, -0.25) is 4.79 Å². The van der Waals surface area contributed by atoms with E-state index in [9.17, 15) is 4.79 Å². The summed E-state index contributed by atoms with van der Waals surface area (Å²) in [7, 11) is 0. The average Bonchev–Trinajstić information content (AvgIpc) is 3.00. The highest BCUT2D eigenvalue weighted by molar-refractivity contribution is 7.17. The molecule has 6 heteroatoms. The third-order valence-corrected chi connectivity index (χ3v) is 4.07. The number of aromatic nitrogens is 4. The van der Waals surface area contributed by atoms with Crippen LogP contribution in [-0.2, 0) is 12.1 Å². The molecule has 0 fully saturated rings. The zero-order valence-corrected chi connectivity index (χ0v) is 12.5. The molecule has 20 heavy (non-hydrogen) atoms. The van der Waals surface area contributed by atoms with Gasteiger partial charge < -0.3 is 4.57 Å². The van der Waals surface area contributed by atoms with Crippen molar-refractivity contribution < 1.29 is 0 Å². The van der Waals surface area contributed by atoms with Gasteiger partial charge >= 0.3 is 0 Å². The van der Waals surface area contributed by atoms with Gasteiger partial charge in [-0.05, 0) is 43.7 Å². The lowest BCUT2D eigenvalue weighted by Crippen LogP contribution is -2.28. The predicted octanol–water partition coefficient (Wildman–Crippen LogP) is 2.46.